The first-order valence-electron chi connectivity index (χ1n) is 8.66. The topological polar surface area (TPSA) is 29.3 Å². The molecule has 2 nitrogen and oxygen atoms in total. The summed E-state index contributed by atoms with van der Waals surface area (Å²) in [5.41, 5.74) is 9.74. The van der Waals surface area contributed by atoms with Gasteiger partial charge in [-0.3, -0.25) is 4.90 Å². The van der Waals surface area contributed by atoms with Gasteiger partial charge in [0.15, 0.2) is 0 Å². The molecule has 0 aromatic heterocycles. The van der Waals surface area contributed by atoms with E-state index < -0.39 is 0 Å². The number of likely N-dealkylation sites (tertiary alicyclic amines) is 1. The molecule has 1 spiro atoms. The summed E-state index contributed by atoms with van der Waals surface area (Å²) in [7, 11) is 0. The Balaban J connectivity index is 1.72. The number of aryl methyl sites for hydroxylation is 1. The number of nitrogens with two attached hydrogens (primary N) is 1. The molecule has 1 saturated carbocycles. The lowest BCUT2D eigenvalue weighted by molar-refractivity contribution is 0.0677. The van der Waals surface area contributed by atoms with Crippen LogP contribution in [-0.2, 0) is 0 Å². The maximum atomic E-state index is 6.34. The van der Waals surface area contributed by atoms with Crippen molar-refractivity contribution in [2.24, 2.45) is 11.1 Å². The second-order valence-electron chi connectivity index (χ2n) is 7.46. The molecule has 2 atom stereocenters. The molecule has 3 rings (SSSR count). The van der Waals surface area contributed by atoms with E-state index in [4.69, 9.17) is 5.73 Å². The molecule has 2 fully saturated rings. The van der Waals surface area contributed by atoms with Crippen molar-refractivity contribution < 1.29 is 0 Å². The number of hydrogen-bond donors (Lipinski definition) is 1. The van der Waals surface area contributed by atoms with Crippen LogP contribution in [0.3, 0.4) is 0 Å². The smallest absolute Gasteiger partial charge is 0.0496 e. The zero-order valence-corrected chi connectivity index (χ0v) is 13.6. The molecule has 1 aliphatic carbocycles. The molecule has 0 bridgehead atoms. The van der Waals surface area contributed by atoms with Gasteiger partial charge < -0.3 is 5.73 Å². The molecule has 116 valence electrons. The minimum Gasteiger partial charge on any atom is -0.326 e. The second kappa shape index (κ2) is 6.10. The standard InChI is InChI=1S/C19H30N2/c1-15-5-7-17(8-6-15)18(16(2)20)21-13-11-19(12-14-21)9-3-4-10-19/h5-8,16,18H,3-4,9-14,20H2,1-2H3. The minimum absolute atomic E-state index is 0.185. The molecule has 0 amide bonds. The van der Waals surface area contributed by atoms with Gasteiger partial charge >= 0.3 is 0 Å². The molecule has 2 aliphatic rings. The molecule has 2 unspecified atom stereocenters. The van der Waals surface area contributed by atoms with Gasteiger partial charge in [0.05, 0.1) is 0 Å². The molecule has 2 N–H and O–H groups in total. The van der Waals surface area contributed by atoms with Gasteiger partial charge in [0.1, 0.15) is 0 Å². The minimum atomic E-state index is 0.185. The van der Waals surface area contributed by atoms with Crippen LogP contribution in [0, 0.1) is 12.3 Å². The fraction of sp³-hybridized carbons (Fsp3) is 0.684. The first-order chi connectivity index (χ1) is 10.1. The van der Waals surface area contributed by atoms with Crippen molar-refractivity contribution in [3.63, 3.8) is 0 Å². The van der Waals surface area contributed by atoms with E-state index in [-0.39, 0.29) is 6.04 Å². The summed E-state index contributed by atoms with van der Waals surface area (Å²) < 4.78 is 0. The van der Waals surface area contributed by atoms with Crippen LogP contribution in [0.1, 0.15) is 62.6 Å². The van der Waals surface area contributed by atoms with Crippen molar-refractivity contribution in [3.05, 3.63) is 35.4 Å². The van der Waals surface area contributed by atoms with Gasteiger partial charge in [-0.1, -0.05) is 42.7 Å². The van der Waals surface area contributed by atoms with E-state index in [0.29, 0.717) is 11.5 Å². The Morgan fingerprint density at radius 2 is 1.57 bits per heavy atom. The van der Waals surface area contributed by atoms with Crippen LogP contribution in [0.15, 0.2) is 24.3 Å². The summed E-state index contributed by atoms with van der Waals surface area (Å²) in [6, 6.07) is 9.53. The number of nitrogens with zero attached hydrogens (tertiary/aromatic N) is 1. The van der Waals surface area contributed by atoms with Gasteiger partial charge in [-0.2, -0.15) is 0 Å². The Hall–Kier alpha value is -0.860. The number of benzene rings is 1. The van der Waals surface area contributed by atoms with E-state index in [9.17, 15) is 0 Å². The largest absolute Gasteiger partial charge is 0.326 e. The van der Waals surface area contributed by atoms with E-state index in [0.717, 1.165) is 0 Å². The molecule has 1 heterocycles. The van der Waals surface area contributed by atoms with E-state index >= 15 is 0 Å². The molecule has 1 aromatic carbocycles. The van der Waals surface area contributed by atoms with Gasteiger partial charge in [0.25, 0.3) is 0 Å². The van der Waals surface area contributed by atoms with Gasteiger partial charge in [0.2, 0.25) is 0 Å². The van der Waals surface area contributed by atoms with Crippen LogP contribution in [0.4, 0.5) is 0 Å². The van der Waals surface area contributed by atoms with Gasteiger partial charge in [-0.25, -0.2) is 0 Å². The molecule has 2 heteroatoms. The lowest BCUT2D eigenvalue weighted by atomic mass is 9.76. The average molecular weight is 286 g/mol. The van der Waals surface area contributed by atoms with Gasteiger partial charge in [-0.05, 0) is 63.6 Å². The first-order valence-corrected chi connectivity index (χ1v) is 8.66. The number of piperidine rings is 1. The normalized spacial score (nSPS) is 25.1. The zero-order chi connectivity index (χ0) is 14.9. The summed E-state index contributed by atoms with van der Waals surface area (Å²) in [4.78, 5) is 2.64. The Labute approximate surface area is 129 Å². The predicted octanol–water partition coefficient (Wildman–Crippen LogP) is 4.04. The molecule has 1 aliphatic heterocycles. The van der Waals surface area contributed by atoms with Crippen LogP contribution >= 0.6 is 0 Å². The summed E-state index contributed by atoms with van der Waals surface area (Å²) in [5, 5.41) is 0. The highest BCUT2D eigenvalue weighted by atomic mass is 15.2. The van der Waals surface area contributed by atoms with Crippen LogP contribution in [-0.4, -0.2) is 24.0 Å². The van der Waals surface area contributed by atoms with Crippen molar-refractivity contribution >= 4 is 0 Å². The van der Waals surface area contributed by atoms with E-state index in [1.54, 1.807) is 0 Å². The fourth-order valence-corrected chi connectivity index (χ4v) is 4.51. The molecule has 1 saturated heterocycles. The van der Waals surface area contributed by atoms with E-state index in [1.165, 1.54) is 62.7 Å². The SMILES string of the molecule is Cc1ccc(C(C(C)N)N2CCC3(CCCC3)CC2)cc1. The maximum Gasteiger partial charge on any atom is 0.0496 e. The molecular weight excluding hydrogens is 256 g/mol. The van der Waals surface area contributed by atoms with Crippen LogP contribution in [0.5, 0.6) is 0 Å². The third-order valence-corrected chi connectivity index (χ3v) is 5.83. The maximum absolute atomic E-state index is 6.34. The lowest BCUT2D eigenvalue weighted by Gasteiger charge is -2.44. The Bertz CT molecular complexity index is 447. The van der Waals surface area contributed by atoms with Crippen LogP contribution in [0.25, 0.3) is 0 Å². The van der Waals surface area contributed by atoms with Gasteiger partial charge in [0, 0.05) is 12.1 Å². The third kappa shape index (κ3) is 3.17. The summed E-state index contributed by atoms with van der Waals surface area (Å²) >= 11 is 0. The highest BCUT2D eigenvalue weighted by Gasteiger charge is 2.39. The number of rotatable bonds is 3. The monoisotopic (exact) mass is 286 g/mol. The van der Waals surface area contributed by atoms with Crippen molar-refractivity contribution in [1.29, 1.82) is 0 Å². The molecule has 1 aromatic rings. The lowest BCUT2D eigenvalue weighted by Crippen LogP contribution is -2.46. The third-order valence-electron chi connectivity index (χ3n) is 5.83. The highest BCUT2D eigenvalue weighted by Crippen LogP contribution is 2.47. The predicted molar refractivity (Wildman–Crippen MR) is 89.3 cm³/mol. The Morgan fingerprint density at radius 3 is 2.10 bits per heavy atom. The number of hydrogen-bond acceptors (Lipinski definition) is 2. The summed E-state index contributed by atoms with van der Waals surface area (Å²) in [6.45, 7) is 6.75. The highest BCUT2D eigenvalue weighted by molar-refractivity contribution is 5.25. The first kappa shape index (κ1) is 15.1. The van der Waals surface area contributed by atoms with Crippen LogP contribution < -0.4 is 5.73 Å². The van der Waals surface area contributed by atoms with Crippen LogP contribution in [0.2, 0.25) is 0 Å². The molecular formula is C19H30N2. The van der Waals surface area contributed by atoms with Crippen molar-refractivity contribution in [3.8, 4) is 0 Å². The Morgan fingerprint density at radius 1 is 1.00 bits per heavy atom. The molecule has 0 radical (unpaired) electrons. The van der Waals surface area contributed by atoms with E-state index in [2.05, 4.69) is 43.0 Å². The quantitative estimate of drug-likeness (QED) is 0.908. The average Bonchev–Trinajstić information content (AvgIpc) is 2.92. The fourth-order valence-electron chi connectivity index (χ4n) is 4.51. The van der Waals surface area contributed by atoms with Crippen molar-refractivity contribution in [2.75, 3.05) is 13.1 Å². The Kier molecular flexibility index (Phi) is 4.37. The summed E-state index contributed by atoms with van der Waals surface area (Å²) in [6.07, 6.45) is 8.59. The van der Waals surface area contributed by atoms with E-state index in [1.807, 2.05) is 0 Å². The second-order valence-corrected chi connectivity index (χ2v) is 7.46. The molecule has 21 heavy (non-hydrogen) atoms. The zero-order valence-electron chi connectivity index (χ0n) is 13.6. The summed E-state index contributed by atoms with van der Waals surface area (Å²) in [5.74, 6) is 0. The van der Waals surface area contributed by atoms with Crippen molar-refractivity contribution in [1.82, 2.24) is 4.90 Å². The van der Waals surface area contributed by atoms with Gasteiger partial charge in [-0.15, -0.1) is 0 Å². The van der Waals surface area contributed by atoms with Crippen molar-refractivity contribution in [2.45, 2.75) is 64.5 Å².